The molecule has 134 valence electrons. The molecule has 0 amide bonds. The zero-order valence-corrected chi connectivity index (χ0v) is 14.2. The molecule has 0 saturated heterocycles. The minimum atomic E-state index is -0.870. The number of hydrogen-bond donors (Lipinski definition) is 2. The molecule has 2 aromatic carbocycles. The first-order chi connectivity index (χ1) is 12.1. The van der Waals surface area contributed by atoms with Crippen LogP contribution in [0.25, 0.3) is 0 Å². The van der Waals surface area contributed by atoms with Gasteiger partial charge in [-0.15, -0.1) is 0 Å². The number of rotatable bonds is 8. The molecule has 3 nitrogen and oxygen atoms in total. The highest BCUT2D eigenvalue weighted by Crippen LogP contribution is 2.54. The molecule has 0 aliphatic heterocycles. The van der Waals surface area contributed by atoms with Crippen molar-refractivity contribution < 1.29 is 18.6 Å². The average Bonchev–Trinajstić information content (AvgIpc) is 3.42. The van der Waals surface area contributed by atoms with E-state index >= 15 is 0 Å². The Morgan fingerprint density at radius 1 is 1.08 bits per heavy atom. The molecule has 0 radical (unpaired) electrons. The Hall–Kier alpha value is -1.82. The van der Waals surface area contributed by atoms with Gasteiger partial charge in [-0.3, -0.25) is 0 Å². The molecule has 2 N–H and O–H groups in total. The number of methoxy groups -OCH3 is 1. The van der Waals surface area contributed by atoms with Gasteiger partial charge >= 0.3 is 0 Å². The third-order valence-electron chi connectivity index (χ3n) is 4.97. The van der Waals surface area contributed by atoms with Crippen molar-refractivity contribution in [3.8, 4) is 0 Å². The molecule has 2 unspecified atom stereocenters. The second-order valence-electron chi connectivity index (χ2n) is 6.74. The Labute approximate surface area is 146 Å². The Balaban J connectivity index is 1.70. The molecule has 1 saturated carbocycles. The van der Waals surface area contributed by atoms with Crippen LogP contribution in [0, 0.1) is 17.0 Å². The van der Waals surface area contributed by atoms with Crippen LogP contribution in [0.3, 0.4) is 0 Å². The third kappa shape index (κ3) is 4.06. The van der Waals surface area contributed by atoms with E-state index in [9.17, 15) is 13.9 Å². The topological polar surface area (TPSA) is 41.5 Å². The number of aliphatic hydroxyl groups excluding tert-OH is 1. The fourth-order valence-corrected chi connectivity index (χ4v) is 3.19. The number of aliphatic hydroxyl groups is 1. The monoisotopic (exact) mass is 347 g/mol. The Morgan fingerprint density at radius 3 is 2.40 bits per heavy atom. The van der Waals surface area contributed by atoms with Crippen molar-refractivity contribution in [2.75, 3.05) is 20.3 Å². The lowest BCUT2D eigenvalue weighted by molar-refractivity contribution is 0.0849. The summed E-state index contributed by atoms with van der Waals surface area (Å²) in [6.07, 6.45) is 1.30. The molecule has 3 rings (SSSR count). The van der Waals surface area contributed by atoms with E-state index in [1.807, 2.05) is 30.3 Å². The summed E-state index contributed by atoms with van der Waals surface area (Å²) < 4.78 is 31.9. The van der Waals surface area contributed by atoms with Gasteiger partial charge in [-0.1, -0.05) is 36.4 Å². The Kier molecular flexibility index (Phi) is 5.47. The molecular weight excluding hydrogens is 324 g/mol. The van der Waals surface area contributed by atoms with E-state index in [2.05, 4.69) is 5.32 Å². The van der Waals surface area contributed by atoms with Crippen LogP contribution < -0.4 is 5.32 Å². The fourth-order valence-electron chi connectivity index (χ4n) is 3.19. The summed E-state index contributed by atoms with van der Waals surface area (Å²) in [4.78, 5) is 0. The lowest BCUT2D eigenvalue weighted by Crippen LogP contribution is -2.33. The molecule has 2 atom stereocenters. The van der Waals surface area contributed by atoms with Gasteiger partial charge in [0.1, 0.15) is 0 Å². The minimum absolute atomic E-state index is 0.216. The van der Waals surface area contributed by atoms with Crippen LogP contribution >= 0.6 is 0 Å². The van der Waals surface area contributed by atoms with Gasteiger partial charge in [0.05, 0.1) is 18.8 Å². The molecule has 5 heteroatoms. The fraction of sp³-hybridized carbons (Fsp3) is 0.400. The maximum Gasteiger partial charge on any atom is 0.159 e. The number of ether oxygens (including phenoxy) is 1. The third-order valence-corrected chi connectivity index (χ3v) is 4.97. The number of benzene rings is 2. The average molecular weight is 347 g/mol. The minimum Gasteiger partial charge on any atom is -0.388 e. The first-order valence-corrected chi connectivity index (χ1v) is 8.46. The summed E-state index contributed by atoms with van der Waals surface area (Å²) >= 11 is 0. The van der Waals surface area contributed by atoms with Gasteiger partial charge in [0, 0.05) is 19.1 Å². The first-order valence-electron chi connectivity index (χ1n) is 8.46. The second kappa shape index (κ2) is 7.60. The van der Waals surface area contributed by atoms with E-state index in [1.165, 1.54) is 6.07 Å². The van der Waals surface area contributed by atoms with Crippen LogP contribution in [0.1, 0.15) is 36.1 Å². The molecule has 1 fully saturated rings. The first kappa shape index (κ1) is 18.0. The van der Waals surface area contributed by atoms with E-state index in [-0.39, 0.29) is 11.5 Å². The van der Waals surface area contributed by atoms with Gasteiger partial charge in [0.2, 0.25) is 0 Å². The number of halogens is 2. The van der Waals surface area contributed by atoms with Crippen LogP contribution in [0.15, 0.2) is 48.5 Å². The maximum atomic E-state index is 13.5. The molecule has 1 aliphatic rings. The zero-order valence-electron chi connectivity index (χ0n) is 14.2. The molecule has 0 heterocycles. The quantitative estimate of drug-likeness (QED) is 0.764. The molecular formula is C20H23F2NO2. The highest BCUT2D eigenvalue weighted by molar-refractivity contribution is 5.24. The summed E-state index contributed by atoms with van der Waals surface area (Å²) in [6, 6.07) is 13.2. The molecule has 25 heavy (non-hydrogen) atoms. The van der Waals surface area contributed by atoms with Crippen molar-refractivity contribution >= 4 is 0 Å². The molecule has 0 bridgehead atoms. The van der Waals surface area contributed by atoms with Gasteiger partial charge in [-0.05, 0) is 36.1 Å². The zero-order chi connectivity index (χ0) is 17.9. The normalized spacial score (nSPS) is 17.9. The molecule has 1 aliphatic carbocycles. The second-order valence-corrected chi connectivity index (χ2v) is 6.74. The molecule has 0 spiro atoms. The maximum absolute atomic E-state index is 13.5. The highest BCUT2D eigenvalue weighted by Gasteiger charge is 2.49. The Morgan fingerprint density at radius 2 is 1.80 bits per heavy atom. The van der Waals surface area contributed by atoms with Gasteiger partial charge in [-0.25, -0.2) is 8.78 Å². The molecule has 2 aromatic rings. The smallest absolute Gasteiger partial charge is 0.159 e. The van der Waals surface area contributed by atoms with Crippen molar-refractivity contribution in [3.05, 3.63) is 71.3 Å². The summed E-state index contributed by atoms with van der Waals surface area (Å²) in [5.74, 6) is -1.73. The molecule has 0 aromatic heterocycles. The van der Waals surface area contributed by atoms with E-state index in [0.29, 0.717) is 18.7 Å². The lowest BCUT2D eigenvalue weighted by atomic mass is 9.92. The van der Waals surface area contributed by atoms with Crippen LogP contribution in [-0.4, -0.2) is 25.4 Å². The largest absolute Gasteiger partial charge is 0.388 e. The van der Waals surface area contributed by atoms with Crippen molar-refractivity contribution in [3.63, 3.8) is 0 Å². The van der Waals surface area contributed by atoms with Crippen LogP contribution in [0.4, 0.5) is 8.78 Å². The van der Waals surface area contributed by atoms with E-state index in [1.54, 1.807) is 13.2 Å². The SMILES string of the molecule is COCC(NCC1(C(O)c2ccccc2)CC1)c1ccc(F)c(F)c1. The van der Waals surface area contributed by atoms with Crippen molar-refractivity contribution in [2.24, 2.45) is 5.41 Å². The van der Waals surface area contributed by atoms with E-state index in [0.717, 1.165) is 24.5 Å². The van der Waals surface area contributed by atoms with Crippen molar-refractivity contribution in [1.82, 2.24) is 5.32 Å². The van der Waals surface area contributed by atoms with Crippen LogP contribution in [-0.2, 0) is 4.74 Å². The van der Waals surface area contributed by atoms with Gasteiger partial charge < -0.3 is 15.2 Å². The predicted octanol–water partition coefficient (Wildman–Crippen LogP) is 3.76. The van der Waals surface area contributed by atoms with Crippen molar-refractivity contribution in [1.29, 1.82) is 0 Å². The van der Waals surface area contributed by atoms with Crippen LogP contribution in [0.5, 0.6) is 0 Å². The standard InChI is InChI=1S/C20H23F2NO2/c1-25-12-18(15-7-8-16(21)17(22)11-15)23-13-20(9-10-20)19(24)14-5-3-2-4-6-14/h2-8,11,18-19,23-24H,9-10,12-13H2,1H3. The van der Waals surface area contributed by atoms with E-state index < -0.39 is 17.7 Å². The highest BCUT2D eigenvalue weighted by atomic mass is 19.2. The lowest BCUT2D eigenvalue weighted by Gasteiger charge is -2.26. The van der Waals surface area contributed by atoms with E-state index in [4.69, 9.17) is 4.74 Å². The van der Waals surface area contributed by atoms with Crippen LogP contribution in [0.2, 0.25) is 0 Å². The Bertz CT molecular complexity index is 704. The summed E-state index contributed by atoms with van der Waals surface area (Å²) in [7, 11) is 1.57. The summed E-state index contributed by atoms with van der Waals surface area (Å²) in [5.41, 5.74) is 1.31. The predicted molar refractivity (Wildman–Crippen MR) is 92.0 cm³/mol. The van der Waals surface area contributed by atoms with Gasteiger partial charge in [-0.2, -0.15) is 0 Å². The van der Waals surface area contributed by atoms with Gasteiger partial charge in [0.15, 0.2) is 11.6 Å². The number of hydrogen-bond acceptors (Lipinski definition) is 3. The number of nitrogens with one attached hydrogen (secondary N) is 1. The van der Waals surface area contributed by atoms with Gasteiger partial charge in [0.25, 0.3) is 0 Å². The summed E-state index contributed by atoms with van der Waals surface area (Å²) in [5, 5.41) is 14.1. The van der Waals surface area contributed by atoms with Crippen molar-refractivity contribution in [2.45, 2.75) is 25.0 Å². The summed E-state index contributed by atoms with van der Waals surface area (Å²) in [6.45, 7) is 0.915.